The summed E-state index contributed by atoms with van der Waals surface area (Å²) in [6.45, 7) is 1.85. The fraction of sp³-hybridized carbons (Fsp3) is 0.231. The molecule has 0 radical (unpaired) electrons. The molecule has 2 rings (SSSR count). The van der Waals surface area contributed by atoms with Gasteiger partial charge in [-0.05, 0) is 19.1 Å². The molecule has 100 valence electrons. The fourth-order valence-corrected chi connectivity index (χ4v) is 2.63. The summed E-state index contributed by atoms with van der Waals surface area (Å²) in [6.07, 6.45) is 0.648. The molecule has 1 aromatic carbocycles. The lowest BCUT2D eigenvalue weighted by Gasteiger charge is -2.08. The summed E-state index contributed by atoms with van der Waals surface area (Å²) < 4.78 is 10.5. The van der Waals surface area contributed by atoms with Crippen molar-refractivity contribution >= 4 is 22.7 Å². The summed E-state index contributed by atoms with van der Waals surface area (Å²) in [5, 5.41) is 4.17. The van der Waals surface area contributed by atoms with Crippen molar-refractivity contribution in [3.8, 4) is 22.1 Å². The molecule has 0 saturated heterocycles. The normalized spacial score (nSPS) is 10.1. The highest BCUT2D eigenvalue weighted by Crippen LogP contribution is 2.38. The van der Waals surface area contributed by atoms with Gasteiger partial charge in [0.2, 0.25) is 6.41 Å². The van der Waals surface area contributed by atoms with Gasteiger partial charge in [-0.25, -0.2) is 4.98 Å². The standard InChI is InChI=1S/C13H14N2O3S/c1-8-12(14-7-16)19-13(15-8)10-5-4-9(17-2)6-11(10)18-3/h4-7H,1-3H3,(H,14,16). The fourth-order valence-electron chi connectivity index (χ4n) is 1.67. The van der Waals surface area contributed by atoms with Gasteiger partial charge >= 0.3 is 0 Å². The Balaban J connectivity index is 2.46. The summed E-state index contributed by atoms with van der Waals surface area (Å²) in [5.74, 6) is 1.41. The third kappa shape index (κ3) is 2.68. The Hall–Kier alpha value is -2.08. The number of hydrogen-bond donors (Lipinski definition) is 1. The summed E-state index contributed by atoms with van der Waals surface area (Å²) in [5.41, 5.74) is 1.65. The third-order valence-corrected chi connectivity index (χ3v) is 3.75. The molecule has 0 aliphatic rings. The number of carbonyl (C=O) groups is 1. The van der Waals surface area contributed by atoms with Crippen LogP contribution >= 0.6 is 11.3 Å². The number of benzene rings is 1. The Bertz CT molecular complexity index is 596. The number of hydrogen-bond acceptors (Lipinski definition) is 5. The third-order valence-electron chi connectivity index (χ3n) is 2.63. The molecular weight excluding hydrogens is 264 g/mol. The first-order valence-corrected chi connectivity index (χ1v) is 6.41. The van der Waals surface area contributed by atoms with E-state index in [4.69, 9.17) is 9.47 Å². The van der Waals surface area contributed by atoms with Crippen molar-refractivity contribution in [3.63, 3.8) is 0 Å². The highest BCUT2D eigenvalue weighted by molar-refractivity contribution is 7.19. The maximum atomic E-state index is 10.5. The van der Waals surface area contributed by atoms with Gasteiger partial charge in [-0.3, -0.25) is 4.79 Å². The van der Waals surface area contributed by atoms with Crippen LogP contribution in [-0.4, -0.2) is 25.6 Å². The monoisotopic (exact) mass is 278 g/mol. The summed E-state index contributed by atoms with van der Waals surface area (Å²) >= 11 is 1.41. The molecular formula is C13H14N2O3S. The number of amides is 1. The van der Waals surface area contributed by atoms with E-state index in [0.717, 1.165) is 27.0 Å². The quantitative estimate of drug-likeness (QED) is 0.854. The van der Waals surface area contributed by atoms with Gasteiger partial charge in [0.25, 0.3) is 0 Å². The van der Waals surface area contributed by atoms with Gasteiger partial charge in [-0.1, -0.05) is 11.3 Å². The first kappa shape index (κ1) is 13.4. The van der Waals surface area contributed by atoms with E-state index < -0.39 is 0 Å². The number of methoxy groups -OCH3 is 2. The average molecular weight is 278 g/mol. The molecule has 2 aromatic rings. The van der Waals surface area contributed by atoms with Gasteiger partial charge in [-0.2, -0.15) is 0 Å². The number of rotatable bonds is 5. The van der Waals surface area contributed by atoms with E-state index in [-0.39, 0.29) is 0 Å². The van der Waals surface area contributed by atoms with Crippen molar-refractivity contribution in [2.75, 3.05) is 19.5 Å². The molecule has 19 heavy (non-hydrogen) atoms. The van der Waals surface area contributed by atoms with E-state index in [1.807, 2.05) is 19.1 Å². The lowest BCUT2D eigenvalue weighted by Crippen LogP contribution is -1.91. The topological polar surface area (TPSA) is 60.5 Å². The van der Waals surface area contributed by atoms with Crippen LogP contribution in [0.1, 0.15) is 5.69 Å². The lowest BCUT2D eigenvalue weighted by atomic mass is 10.2. The largest absolute Gasteiger partial charge is 0.497 e. The van der Waals surface area contributed by atoms with Crippen LogP contribution in [0.15, 0.2) is 18.2 Å². The lowest BCUT2D eigenvalue weighted by molar-refractivity contribution is -0.105. The van der Waals surface area contributed by atoms with Gasteiger partial charge in [0.15, 0.2) is 0 Å². The second-order valence-corrected chi connectivity index (χ2v) is 4.76. The Morgan fingerprint density at radius 2 is 2.11 bits per heavy atom. The Morgan fingerprint density at radius 3 is 2.74 bits per heavy atom. The highest BCUT2D eigenvalue weighted by atomic mass is 32.1. The van der Waals surface area contributed by atoms with Crippen molar-refractivity contribution < 1.29 is 14.3 Å². The number of carbonyl (C=O) groups excluding carboxylic acids is 1. The molecule has 0 unspecified atom stereocenters. The highest BCUT2D eigenvalue weighted by Gasteiger charge is 2.13. The predicted molar refractivity (Wildman–Crippen MR) is 75.1 cm³/mol. The number of nitrogens with zero attached hydrogens (tertiary/aromatic N) is 1. The summed E-state index contributed by atoms with van der Waals surface area (Å²) in [6, 6.07) is 5.54. The van der Waals surface area contributed by atoms with Crippen molar-refractivity contribution in [3.05, 3.63) is 23.9 Å². The van der Waals surface area contributed by atoms with Gasteiger partial charge in [0, 0.05) is 6.07 Å². The van der Waals surface area contributed by atoms with Crippen LogP contribution in [0.4, 0.5) is 5.00 Å². The Labute approximate surface area is 115 Å². The molecule has 0 saturated carbocycles. The minimum Gasteiger partial charge on any atom is -0.497 e. The predicted octanol–water partition coefficient (Wildman–Crippen LogP) is 2.70. The Kier molecular flexibility index (Phi) is 4.01. The molecule has 0 aliphatic carbocycles. The van der Waals surface area contributed by atoms with Gasteiger partial charge < -0.3 is 14.8 Å². The number of nitrogens with one attached hydrogen (secondary N) is 1. The van der Waals surface area contributed by atoms with Crippen LogP contribution in [0.25, 0.3) is 10.6 Å². The zero-order valence-electron chi connectivity index (χ0n) is 10.9. The van der Waals surface area contributed by atoms with E-state index in [2.05, 4.69) is 10.3 Å². The molecule has 0 bridgehead atoms. The Morgan fingerprint density at radius 1 is 1.32 bits per heavy atom. The van der Waals surface area contributed by atoms with E-state index in [1.165, 1.54) is 11.3 Å². The molecule has 0 atom stereocenters. The summed E-state index contributed by atoms with van der Waals surface area (Å²) in [4.78, 5) is 14.9. The van der Waals surface area contributed by atoms with Gasteiger partial charge in [-0.15, -0.1) is 0 Å². The number of aromatic nitrogens is 1. The smallest absolute Gasteiger partial charge is 0.212 e. The molecule has 0 aliphatic heterocycles. The van der Waals surface area contributed by atoms with Crippen LogP contribution in [0.2, 0.25) is 0 Å². The van der Waals surface area contributed by atoms with Crippen LogP contribution in [0.3, 0.4) is 0 Å². The van der Waals surface area contributed by atoms with Crippen molar-refractivity contribution in [1.82, 2.24) is 4.98 Å². The zero-order valence-corrected chi connectivity index (χ0v) is 11.7. The van der Waals surface area contributed by atoms with E-state index in [9.17, 15) is 4.79 Å². The zero-order chi connectivity index (χ0) is 13.8. The van der Waals surface area contributed by atoms with Crippen LogP contribution in [0.5, 0.6) is 11.5 Å². The maximum absolute atomic E-state index is 10.5. The molecule has 1 amide bonds. The van der Waals surface area contributed by atoms with Gasteiger partial charge in [0.1, 0.15) is 21.5 Å². The first-order valence-electron chi connectivity index (χ1n) is 5.59. The molecule has 6 heteroatoms. The molecule has 0 fully saturated rings. The van der Waals surface area contributed by atoms with Crippen LogP contribution < -0.4 is 14.8 Å². The maximum Gasteiger partial charge on any atom is 0.212 e. The second kappa shape index (κ2) is 5.71. The second-order valence-electron chi connectivity index (χ2n) is 3.76. The minimum absolute atomic E-state index is 0.648. The molecule has 1 aromatic heterocycles. The van der Waals surface area contributed by atoms with Crippen LogP contribution in [0, 0.1) is 6.92 Å². The van der Waals surface area contributed by atoms with Crippen LogP contribution in [-0.2, 0) is 4.79 Å². The summed E-state index contributed by atoms with van der Waals surface area (Å²) in [7, 11) is 3.21. The molecule has 1 N–H and O–H groups in total. The molecule has 1 heterocycles. The first-order chi connectivity index (χ1) is 9.19. The molecule has 5 nitrogen and oxygen atoms in total. The van der Waals surface area contributed by atoms with Gasteiger partial charge in [0.05, 0.1) is 25.5 Å². The SMILES string of the molecule is COc1ccc(-c2nc(C)c(NC=O)s2)c(OC)c1. The van der Waals surface area contributed by atoms with Crippen molar-refractivity contribution in [2.24, 2.45) is 0 Å². The average Bonchev–Trinajstić information content (AvgIpc) is 2.79. The number of ether oxygens (including phenoxy) is 2. The van der Waals surface area contributed by atoms with Crippen molar-refractivity contribution in [2.45, 2.75) is 6.92 Å². The van der Waals surface area contributed by atoms with E-state index >= 15 is 0 Å². The number of aryl methyl sites for hydroxylation is 1. The van der Waals surface area contributed by atoms with E-state index in [1.54, 1.807) is 20.3 Å². The van der Waals surface area contributed by atoms with E-state index in [0.29, 0.717) is 12.2 Å². The number of thiazole rings is 1. The minimum atomic E-state index is 0.648. The van der Waals surface area contributed by atoms with Crippen molar-refractivity contribution in [1.29, 1.82) is 0 Å². The molecule has 0 spiro atoms. The number of anilines is 1.